The molecule has 1 aliphatic rings. The number of nitrogens with zero attached hydrogens (tertiary/aromatic N) is 5. The number of aryl methyl sites for hydroxylation is 2. The summed E-state index contributed by atoms with van der Waals surface area (Å²) >= 11 is 0. The summed E-state index contributed by atoms with van der Waals surface area (Å²) in [6.45, 7) is 4.10. The number of methoxy groups -OCH3 is 1. The van der Waals surface area contributed by atoms with E-state index in [0.29, 0.717) is 0 Å². The van der Waals surface area contributed by atoms with Gasteiger partial charge in [-0.3, -0.25) is 4.79 Å². The van der Waals surface area contributed by atoms with Crippen LogP contribution in [0.2, 0.25) is 0 Å². The van der Waals surface area contributed by atoms with Gasteiger partial charge in [-0.1, -0.05) is 29.5 Å². The van der Waals surface area contributed by atoms with Gasteiger partial charge in [0.25, 0.3) is 0 Å². The Morgan fingerprint density at radius 3 is 2.74 bits per heavy atom. The minimum atomic E-state index is -3.84. The largest absolute Gasteiger partial charge is 0.472 e. The number of hydrogen-bond donors (Lipinski definition) is 0. The molecule has 4 aromatic rings. The molecule has 11 heteroatoms. The number of carbonyl (C=O) groups is 1. The zero-order valence-electron chi connectivity index (χ0n) is 21.7. The Morgan fingerprint density at radius 2 is 1.95 bits per heavy atom. The Hall–Kier alpha value is -3.83. The lowest BCUT2D eigenvalue weighted by Gasteiger charge is -2.24. The molecule has 0 spiro atoms. The highest BCUT2D eigenvalue weighted by Crippen LogP contribution is 2.34. The number of carbonyl (C=O) groups excluding carboxylic acids is 1. The van der Waals surface area contributed by atoms with Crippen molar-refractivity contribution in [3.8, 4) is 5.88 Å². The predicted octanol–water partition coefficient (Wildman–Crippen LogP) is 3.34. The van der Waals surface area contributed by atoms with E-state index in [0.717, 1.165) is 33.3 Å². The summed E-state index contributed by atoms with van der Waals surface area (Å²) in [6, 6.07) is 14.8. The number of ether oxygens (including phenoxy) is 2. The normalized spacial score (nSPS) is 17.8. The minimum Gasteiger partial charge on any atom is -0.472 e. The molecular formula is C27H29N5O5S. The number of fused-ring (bicyclic) bond motifs is 2. The monoisotopic (exact) mass is 535 g/mol. The van der Waals surface area contributed by atoms with Gasteiger partial charge in [-0.25, -0.2) is 18.1 Å². The van der Waals surface area contributed by atoms with Crippen LogP contribution < -0.4 is 4.74 Å². The molecule has 0 saturated carbocycles. The van der Waals surface area contributed by atoms with Crippen LogP contribution >= 0.6 is 0 Å². The molecule has 0 amide bonds. The standard InChI is InChI=1S/C27H29N5O5S/c1-17-7-8-19(22(14-26(33)36-4)20-9-10-24-23(13-20)29-30-31(24)3)12-21(17)16-32-15-18(2)37-27-25(38(32,34)35)6-5-11-28-27/h5-13,18,22H,14-16H2,1-4H3/t18-,22?/m1/s1. The van der Waals surface area contributed by atoms with Gasteiger partial charge in [-0.15, -0.1) is 5.10 Å². The number of pyridine rings is 1. The zero-order valence-corrected chi connectivity index (χ0v) is 22.5. The van der Waals surface area contributed by atoms with Gasteiger partial charge < -0.3 is 9.47 Å². The molecule has 38 heavy (non-hydrogen) atoms. The van der Waals surface area contributed by atoms with Crippen LogP contribution in [0.4, 0.5) is 0 Å². The number of benzene rings is 2. The van der Waals surface area contributed by atoms with Gasteiger partial charge in [0.15, 0.2) is 0 Å². The third-order valence-corrected chi connectivity index (χ3v) is 8.71. The van der Waals surface area contributed by atoms with E-state index in [1.807, 2.05) is 57.3 Å². The van der Waals surface area contributed by atoms with Crippen molar-refractivity contribution >= 4 is 27.0 Å². The molecule has 10 nitrogen and oxygen atoms in total. The number of esters is 1. The van der Waals surface area contributed by atoms with Gasteiger partial charge in [0.1, 0.15) is 16.5 Å². The van der Waals surface area contributed by atoms with E-state index in [1.165, 1.54) is 23.7 Å². The van der Waals surface area contributed by atoms with Crippen LogP contribution in [0.1, 0.15) is 41.5 Å². The third-order valence-electron chi connectivity index (χ3n) is 6.89. The van der Waals surface area contributed by atoms with E-state index in [4.69, 9.17) is 9.47 Å². The van der Waals surface area contributed by atoms with Crippen molar-refractivity contribution in [2.75, 3.05) is 13.7 Å². The lowest BCUT2D eigenvalue weighted by Crippen LogP contribution is -2.35. The Balaban J connectivity index is 1.53. The first-order chi connectivity index (χ1) is 18.2. The van der Waals surface area contributed by atoms with Gasteiger partial charge >= 0.3 is 5.97 Å². The Kier molecular flexibility index (Phi) is 6.89. The molecule has 2 aromatic heterocycles. The van der Waals surface area contributed by atoms with Crippen LogP contribution in [-0.4, -0.2) is 58.4 Å². The van der Waals surface area contributed by atoms with Crippen LogP contribution in [0.5, 0.6) is 5.88 Å². The van der Waals surface area contributed by atoms with Gasteiger partial charge in [0.2, 0.25) is 15.9 Å². The Labute approximate surface area is 221 Å². The van der Waals surface area contributed by atoms with Crippen molar-refractivity contribution in [1.82, 2.24) is 24.3 Å². The summed E-state index contributed by atoms with van der Waals surface area (Å²) in [4.78, 5) is 16.6. The van der Waals surface area contributed by atoms with Gasteiger partial charge in [-0.2, -0.15) is 4.31 Å². The molecule has 5 rings (SSSR count). The minimum absolute atomic E-state index is 0.0546. The molecule has 0 N–H and O–H groups in total. The van der Waals surface area contributed by atoms with E-state index < -0.39 is 10.0 Å². The summed E-state index contributed by atoms with van der Waals surface area (Å²) in [5.41, 5.74) is 5.15. The summed E-state index contributed by atoms with van der Waals surface area (Å²) in [7, 11) is -0.652. The van der Waals surface area contributed by atoms with Crippen molar-refractivity contribution in [1.29, 1.82) is 0 Å². The van der Waals surface area contributed by atoms with Crippen LogP contribution in [0.3, 0.4) is 0 Å². The predicted molar refractivity (Wildman–Crippen MR) is 140 cm³/mol. The molecule has 0 radical (unpaired) electrons. The van der Waals surface area contributed by atoms with Crippen molar-refractivity contribution in [2.24, 2.45) is 7.05 Å². The highest BCUT2D eigenvalue weighted by atomic mass is 32.2. The second kappa shape index (κ2) is 10.1. The molecule has 0 saturated heterocycles. The summed E-state index contributed by atoms with van der Waals surface area (Å²) in [5, 5.41) is 8.30. The molecular weight excluding hydrogens is 506 g/mol. The van der Waals surface area contributed by atoms with Gasteiger partial charge in [0, 0.05) is 25.7 Å². The molecule has 1 unspecified atom stereocenters. The molecule has 198 valence electrons. The maximum absolute atomic E-state index is 13.6. The zero-order chi connectivity index (χ0) is 27.0. The van der Waals surface area contributed by atoms with Crippen molar-refractivity contribution in [3.05, 3.63) is 77.0 Å². The highest BCUT2D eigenvalue weighted by Gasteiger charge is 2.34. The average molecular weight is 536 g/mol. The second-order valence-electron chi connectivity index (χ2n) is 9.51. The Bertz CT molecular complexity index is 1620. The topological polar surface area (TPSA) is 117 Å². The number of aromatic nitrogens is 4. The molecule has 0 aliphatic carbocycles. The summed E-state index contributed by atoms with van der Waals surface area (Å²) in [5.74, 6) is -0.548. The number of rotatable bonds is 6. The molecule has 0 bridgehead atoms. The molecule has 2 atom stereocenters. The third kappa shape index (κ3) is 4.86. The first kappa shape index (κ1) is 25.8. The first-order valence-corrected chi connectivity index (χ1v) is 13.7. The van der Waals surface area contributed by atoms with Crippen LogP contribution in [-0.2, 0) is 33.1 Å². The summed E-state index contributed by atoms with van der Waals surface area (Å²) < 4.78 is 41.1. The van der Waals surface area contributed by atoms with E-state index in [2.05, 4.69) is 15.3 Å². The van der Waals surface area contributed by atoms with Crippen LogP contribution in [0, 0.1) is 6.92 Å². The number of sulfonamides is 1. The van der Waals surface area contributed by atoms with E-state index in [9.17, 15) is 13.2 Å². The fraction of sp³-hybridized carbons (Fsp3) is 0.333. The molecule has 3 heterocycles. The smallest absolute Gasteiger partial charge is 0.306 e. The number of hydrogen-bond acceptors (Lipinski definition) is 8. The second-order valence-corrected chi connectivity index (χ2v) is 11.4. The lowest BCUT2D eigenvalue weighted by molar-refractivity contribution is -0.140. The van der Waals surface area contributed by atoms with Crippen LogP contribution in [0.15, 0.2) is 59.6 Å². The average Bonchev–Trinajstić information content (AvgIpc) is 3.23. The van der Waals surface area contributed by atoms with E-state index >= 15 is 0 Å². The maximum atomic E-state index is 13.6. The van der Waals surface area contributed by atoms with Crippen molar-refractivity contribution in [3.63, 3.8) is 0 Å². The van der Waals surface area contributed by atoms with Gasteiger partial charge in [0.05, 0.1) is 25.6 Å². The lowest BCUT2D eigenvalue weighted by atomic mass is 9.86. The molecule has 2 aromatic carbocycles. The SMILES string of the molecule is COC(=O)CC(c1ccc(C)c(CN2C[C@@H](C)Oc3ncccc3S2(=O)=O)c1)c1ccc2c(c1)nnn2C. The van der Waals surface area contributed by atoms with Crippen molar-refractivity contribution in [2.45, 2.75) is 43.7 Å². The fourth-order valence-corrected chi connectivity index (χ4v) is 6.35. The molecule has 0 fully saturated rings. The first-order valence-electron chi connectivity index (χ1n) is 12.2. The van der Waals surface area contributed by atoms with Crippen molar-refractivity contribution < 1.29 is 22.7 Å². The Morgan fingerprint density at radius 1 is 1.18 bits per heavy atom. The fourth-order valence-electron chi connectivity index (χ4n) is 4.78. The highest BCUT2D eigenvalue weighted by molar-refractivity contribution is 7.89. The quantitative estimate of drug-likeness (QED) is 0.345. The summed E-state index contributed by atoms with van der Waals surface area (Å²) in [6.07, 6.45) is 1.26. The van der Waals surface area contributed by atoms with Gasteiger partial charge in [-0.05, 0) is 60.4 Å². The van der Waals surface area contributed by atoms with E-state index in [-0.39, 0.29) is 48.3 Å². The maximum Gasteiger partial charge on any atom is 0.306 e. The van der Waals surface area contributed by atoms with E-state index in [1.54, 1.807) is 10.7 Å². The molecule has 1 aliphatic heterocycles. The van der Waals surface area contributed by atoms with Crippen LogP contribution in [0.25, 0.3) is 11.0 Å².